The maximum Gasteiger partial charge on any atom is 0.335 e. The van der Waals surface area contributed by atoms with E-state index >= 15 is 0 Å². The van der Waals surface area contributed by atoms with Crippen molar-refractivity contribution in [2.24, 2.45) is 0 Å². The van der Waals surface area contributed by atoms with Crippen LogP contribution in [0, 0.1) is 5.82 Å². The van der Waals surface area contributed by atoms with Crippen molar-refractivity contribution in [2.75, 3.05) is 11.5 Å². The molecule has 0 aromatic heterocycles. The topological polar surface area (TPSA) is 84.9 Å². The van der Waals surface area contributed by atoms with E-state index in [2.05, 4.69) is 37.2 Å². The van der Waals surface area contributed by atoms with Crippen molar-refractivity contribution >= 4 is 61.5 Å². The molecule has 3 aromatic carbocycles. The molecule has 1 N–H and O–H groups in total. The van der Waals surface area contributed by atoms with Crippen LogP contribution in [0.15, 0.2) is 75.2 Å². The van der Waals surface area contributed by atoms with Crippen LogP contribution < -0.4 is 19.7 Å². The van der Waals surface area contributed by atoms with Crippen molar-refractivity contribution in [1.82, 2.24) is 5.32 Å². The zero-order valence-corrected chi connectivity index (χ0v) is 22.1. The molecule has 1 aliphatic heterocycles. The second-order valence-corrected chi connectivity index (χ2v) is 9.37. The highest BCUT2D eigenvalue weighted by Gasteiger charge is 2.37. The molecule has 3 aromatic rings. The van der Waals surface area contributed by atoms with Crippen LogP contribution in [0.1, 0.15) is 18.1 Å². The number of hydrogen-bond donors (Lipinski definition) is 1. The maximum absolute atomic E-state index is 13.3. The Kier molecular flexibility index (Phi) is 7.85. The molecule has 4 amide bonds. The molecule has 1 fully saturated rings. The largest absolute Gasteiger partial charge is 0.490 e. The quantitative estimate of drug-likeness (QED) is 0.260. The summed E-state index contributed by atoms with van der Waals surface area (Å²) in [5, 5.41) is 2.15. The number of urea groups is 1. The third kappa shape index (κ3) is 5.66. The standard InChI is InChI=1S/C26H19Br2FN2O5/c1-2-35-22-12-16(21(28)13-23(22)36-14-15-3-5-17(27)6-4-15)11-20-24(32)30-26(34)31(25(20)33)19-9-7-18(29)8-10-19/h3-13H,2,14H2,1H3,(H,30,32,34)/b20-11+. The SMILES string of the molecule is CCOc1cc(/C=C2\C(=O)NC(=O)N(c3ccc(F)cc3)C2=O)c(Br)cc1OCc1ccc(Br)cc1. The van der Waals surface area contributed by atoms with Gasteiger partial charge in [-0.25, -0.2) is 14.1 Å². The Morgan fingerprint density at radius 3 is 2.28 bits per heavy atom. The minimum Gasteiger partial charge on any atom is -0.490 e. The number of barbiturate groups is 1. The average molecular weight is 618 g/mol. The van der Waals surface area contributed by atoms with Gasteiger partial charge in [0.15, 0.2) is 11.5 Å². The smallest absolute Gasteiger partial charge is 0.335 e. The number of anilines is 1. The van der Waals surface area contributed by atoms with Gasteiger partial charge in [0.05, 0.1) is 12.3 Å². The van der Waals surface area contributed by atoms with Crippen molar-refractivity contribution in [3.63, 3.8) is 0 Å². The number of nitrogens with one attached hydrogen (secondary N) is 1. The summed E-state index contributed by atoms with van der Waals surface area (Å²) in [5.74, 6) is -1.32. The third-order valence-electron chi connectivity index (χ3n) is 5.16. The van der Waals surface area contributed by atoms with Gasteiger partial charge in [0.1, 0.15) is 18.0 Å². The van der Waals surface area contributed by atoms with E-state index in [9.17, 15) is 18.8 Å². The fraction of sp³-hybridized carbons (Fsp3) is 0.115. The summed E-state index contributed by atoms with van der Waals surface area (Å²) >= 11 is 6.86. The van der Waals surface area contributed by atoms with E-state index < -0.39 is 23.7 Å². The van der Waals surface area contributed by atoms with Crippen molar-refractivity contribution in [3.8, 4) is 11.5 Å². The first-order valence-electron chi connectivity index (χ1n) is 10.8. The number of nitrogens with zero attached hydrogens (tertiary/aromatic N) is 1. The number of halogens is 3. The lowest BCUT2D eigenvalue weighted by Crippen LogP contribution is -2.54. The molecule has 0 radical (unpaired) electrons. The van der Waals surface area contributed by atoms with E-state index in [1.165, 1.54) is 18.2 Å². The van der Waals surface area contributed by atoms with Crippen molar-refractivity contribution in [1.29, 1.82) is 0 Å². The number of carbonyl (C=O) groups is 3. The lowest BCUT2D eigenvalue weighted by atomic mass is 10.1. The first-order chi connectivity index (χ1) is 17.3. The van der Waals surface area contributed by atoms with Gasteiger partial charge in [-0.05, 0) is 72.7 Å². The zero-order valence-electron chi connectivity index (χ0n) is 18.9. The van der Waals surface area contributed by atoms with Crippen molar-refractivity contribution in [3.05, 3.63) is 92.1 Å². The number of amides is 4. The summed E-state index contributed by atoms with van der Waals surface area (Å²) < 4.78 is 26.5. The predicted molar refractivity (Wildman–Crippen MR) is 139 cm³/mol. The molecule has 4 rings (SSSR count). The molecule has 1 heterocycles. The van der Waals surface area contributed by atoms with Gasteiger partial charge in [0.25, 0.3) is 11.8 Å². The molecule has 0 atom stereocenters. The van der Waals surface area contributed by atoms with E-state index in [0.29, 0.717) is 34.7 Å². The summed E-state index contributed by atoms with van der Waals surface area (Å²) in [6.07, 6.45) is 1.35. The van der Waals surface area contributed by atoms with Gasteiger partial charge in [0, 0.05) is 8.95 Å². The number of benzene rings is 3. The van der Waals surface area contributed by atoms with Crippen LogP contribution >= 0.6 is 31.9 Å². The fourth-order valence-electron chi connectivity index (χ4n) is 3.42. The molecule has 10 heteroatoms. The van der Waals surface area contributed by atoms with E-state index in [1.54, 1.807) is 12.1 Å². The van der Waals surface area contributed by atoms with Crippen LogP contribution in [0.3, 0.4) is 0 Å². The highest BCUT2D eigenvalue weighted by molar-refractivity contribution is 9.10. The van der Waals surface area contributed by atoms with E-state index in [0.717, 1.165) is 27.1 Å². The lowest BCUT2D eigenvalue weighted by molar-refractivity contribution is -0.122. The zero-order chi connectivity index (χ0) is 25.8. The van der Waals surface area contributed by atoms with E-state index in [-0.39, 0.29) is 11.3 Å². The molecule has 36 heavy (non-hydrogen) atoms. The molecule has 1 saturated heterocycles. The van der Waals surface area contributed by atoms with Gasteiger partial charge in [-0.1, -0.05) is 44.0 Å². The Balaban J connectivity index is 1.65. The number of ether oxygens (including phenoxy) is 2. The van der Waals surface area contributed by atoms with Crippen molar-refractivity contribution in [2.45, 2.75) is 13.5 Å². The van der Waals surface area contributed by atoms with Crippen LogP contribution in [0.5, 0.6) is 11.5 Å². The maximum atomic E-state index is 13.3. The Morgan fingerprint density at radius 2 is 1.61 bits per heavy atom. The Hall–Kier alpha value is -3.50. The summed E-state index contributed by atoms with van der Waals surface area (Å²) in [6.45, 7) is 2.48. The summed E-state index contributed by atoms with van der Waals surface area (Å²) in [6, 6.07) is 14.9. The first-order valence-corrected chi connectivity index (χ1v) is 12.4. The van der Waals surface area contributed by atoms with Crippen LogP contribution in [0.2, 0.25) is 0 Å². The van der Waals surface area contributed by atoms with Crippen LogP contribution in [0.25, 0.3) is 6.08 Å². The summed E-state index contributed by atoms with van der Waals surface area (Å²) in [5.41, 5.74) is 1.27. The van der Waals surface area contributed by atoms with E-state index in [4.69, 9.17) is 9.47 Å². The molecule has 7 nitrogen and oxygen atoms in total. The van der Waals surface area contributed by atoms with Gasteiger partial charge in [-0.15, -0.1) is 0 Å². The Morgan fingerprint density at radius 1 is 0.944 bits per heavy atom. The average Bonchev–Trinajstić information content (AvgIpc) is 2.84. The summed E-state index contributed by atoms with van der Waals surface area (Å²) in [7, 11) is 0. The predicted octanol–water partition coefficient (Wildman–Crippen LogP) is 5.99. The number of imide groups is 2. The van der Waals surface area contributed by atoms with Gasteiger partial charge in [0.2, 0.25) is 0 Å². The van der Waals surface area contributed by atoms with Gasteiger partial charge >= 0.3 is 6.03 Å². The molecule has 0 saturated carbocycles. The molecule has 0 aliphatic carbocycles. The lowest BCUT2D eigenvalue weighted by Gasteiger charge is -2.26. The van der Waals surface area contributed by atoms with Gasteiger partial charge in [-0.3, -0.25) is 14.9 Å². The van der Waals surface area contributed by atoms with Gasteiger partial charge < -0.3 is 9.47 Å². The van der Waals surface area contributed by atoms with Crippen LogP contribution in [-0.4, -0.2) is 24.5 Å². The second-order valence-electron chi connectivity index (χ2n) is 7.60. The first kappa shape index (κ1) is 25.6. The Bertz CT molecular complexity index is 1360. The third-order valence-corrected chi connectivity index (χ3v) is 6.37. The molecule has 1 aliphatic rings. The Labute approximate surface area is 223 Å². The highest BCUT2D eigenvalue weighted by Crippen LogP contribution is 2.36. The molecule has 0 bridgehead atoms. The molecule has 0 unspecified atom stereocenters. The summed E-state index contributed by atoms with van der Waals surface area (Å²) in [4.78, 5) is 38.8. The minimum absolute atomic E-state index is 0.128. The normalized spacial score (nSPS) is 14.7. The van der Waals surface area contributed by atoms with Crippen molar-refractivity contribution < 1.29 is 28.2 Å². The fourth-order valence-corrected chi connectivity index (χ4v) is 4.12. The number of rotatable bonds is 7. The van der Waals surface area contributed by atoms with Crippen LogP contribution in [-0.2, 0) is 16.2 Å². The van der Waals surface area contributed by atoms with Gasteiger partial charge in [-0.2, -0.15) is 0 Å². The number of hydrogen-bond acceptors (Lipinski definition) is 5. The molecular formula is C26H19Br2FN2O5. The highest BCUT2D eigenvalue weighted by atomic mass is 79.9. The second kappa shape index (κ2) is 11.0. The number of carbonyl (C=O) groups excluding carboxylic acids is 3. The van der Waals surface area contributed by atoms with Crippen LogP contribution in [0.4, 0.5) is 14.9 Å². The monoisotopic (exact) mass is 616 g/mol. The molecular weight excluding hydrogens is 599 g/mol. The van der Waals surface area contributed by atoms with E-state index in [1.807, 2.05) is 31.2 Å². The molecule has 184 valence electrons. The molecule has 0 spiro atoms. The minimum atomic E-state index is -0.917.